The van der Waals surface area contributed by atoms with Crippen molar-refractivity contribution >= 4 is 0 Å². The maximum Gasteiger partial charge on any atom is 1.00 e. The van der Waals surface area contributed by atoms with Crippen LogP contribution in [0.4, 0.5) is 0 Å². The van der Waals surface area contributed by atoms with Crippen LogP contribution in [0.5, 0.6) is 0 Å². The molecule has 0 aliphatic carbocycles. The fourth-order valence-electron chi connectivity index (χ4n) is 1.45. The average molecular weight is 224 g/mol. The van der Waals surface area contributed by atoms with Crippen LogP contribution in [0.3, 0.4) is 0 Å². The fourth-order valence-corrected chi connectivity index (χ4v) is 1.45. The van der Waals surface area contributed by atoms with Crippen molar-refractivity contribution in [3.05, 3.63) is 7.05 Å². The Balaban J connectivity index is 0.00000169. The van der Waals surface area contributed by atoms with E-state index < -0.39 is 0 Å². The summed E-state index contributed by atoms with van der Waals surface area (Å²) in [6.45, 7) is 9.45. The zero-order chi connectivity index (χ0) is 9.52. The van der Waals surface area contributed by atoms with Gasteiger partial charge in [-0.1, -0.05) is 6.92 Å². The van der Waals surface area contributed by atoms with Gasteiger partial charge >= 0.3 is 51.4 Å². The first-order chi connectivity index (χ1) is 6.33. The minimum atomic E-state index is 0. The molecule has 14 heavy (non-hydrogen) atoms. The standard InChI is InChI=1S/C10H21N2O.K/c1-3-9-13-10-8-12-6-4-11(2)5-7-12;/h2-10H2,1H3;/q-1;+1. The van der Waals surface area contributed by atoms with Crippen LogP contribution in [0.25, 0.3) is 0 Å². The molecule has 0 aromatic rings. The second kappa shape index (κ2) is 9.72. The predicted octanol–water partition coefficient (Wildman–Crippen LogP) is -2.17. The first kappa shape index (κ1) is 15.5. The predicted molar refractivity (Wildman–Crippen MR) is 54.5 cm³/mol. The average Bonchev–Trinajstić information content (AvgIpc) is 2.15. The minimum Gasteiger partial charge on any atom is -0.457 e. The van der Waals surface area contributed by atoms with Gasteiger partial charge in [0.2, 0.25) is 0 Å². The number of piperazine rings is 1. The molecule has 0 N–H and O–H groups in total. The van der Waals surface area contributed by atoms with Crippen molar-refractivity contribution in [3.63, 3.8) is 0 Å². The van der Waals surface area contributed by atoms with E-state index in [1.165, 1.54) is 0 Å². The van der Waals surface area contributed by atoms with Crippen LogP contribution in [0.2, 0.25) is 0 Å². The van der Waals surface area contributed by atoms with Crippen molar-refractivity contribution in [1.82, 2.24) is 9.80 Å². The van der Waals surface area contributed by atoms with E-state index in [2.05, 4.69) is 23.8 Å². The molecular formula is C10H21KN2O. The molecule has 78 valence electrons. The van der Waals surface area contributed by atoms with Crippen LogP contribution >= 0.6 is 0 Å². The number of ether oxygens (including phenoxy) is 1. The molecule has 1 fully saturated rings. The Kier molecular flexibility index (Phi) is 10.8. The number of hydrogen-bond donors (Lipinski definition) is 0. The summed E-state index contributed by atoms with van der Waals surface area (Å²) in [5.74, 6) is 0. The summed E-state index contributed by atoms with van der Waals surface area (Å²) in [6, 6.07) is 0. The zero-order valence-electron chi connectivity index (χ0n) is 9.67. The largest absolute Gasteiger partial charge is 1.00 e. The molecule has 0 aromatic heterocycles. The topological polar surface area (TPSA) is 15.7 Å². The summed E-state index contributed by atoms with van der Waals surface area (Å²) >= 11 is 0. The summed E-state index contributed by atoms with van der Waals surface area (Å²) in [4.78, 5) is 4.57. The van der Waals surface area contributed by atoms with Crippen molar-refractivity contribution in [2.24, 2.45) is 0 Å². The van der Waals surface area contributed by atoms with E-state index in [1.54, 1.807) is 0 Å². The van der Waals surface area contributed by atoms with Crippen LogP contribution in [0.1, 0.15) is 13.3 Å². The summed E-state index contributed by atoms with van der Waals surface area (Å²) in [5, 5.41) is 0. The van der Waals surface area contributed by atoms with E-state index in [0.29, 0.717) is 0 Å². The van der Waals surface area contributed by atoms with Gasteiger partial charge in [-0.15, -0.1) is 0 Å². The molecule has 1 aliphatic heterocycles. The summed E-state index contributed by atoms with van der Waals surface area (Å²) in [6.07, 6.45) is 1.12. The van der Waals surface area contributed by atoms with E-state index in [4.69, 9.17) is 4.74 Å². The van der Waals surface area contributed by atoms with E-state index >= 15 is 0 Å². The zero-order valence-corrected chi connectivity index (χ0v) is 12.8. The molecule has 1 aliphatic rings. The van der Waals surface area contributed by atoms with E-state index in [-0.39, 0.29) is 51.4 Å². The van der Waals surface area contributed by atoms with Crippen molar-refractivity contribution in [3.8, 4) is 0 Å². The SMILES string of the molecule is [CH2-]N1CCN(CCOCCC)CC1.[K+]. The number of rotatable bonds is 5. The van der Waals surface area contributed by atoms with Gasteiger partial charge in [0, 0.05) is 26.2 Å². The summed E-state index contributed by atoms with van der Waals surface area (Å²) < 4.78 is 5.44. The second-order valence-corrected chi connectivity index (χ2v) is 3.57. The molecule has 4 heteroatoms. The summed E-state index contributed by atoms with van der Waals surface area (Å²) in [5.41, 5.74) is 0. The molecule has 0 aromatic carbocycles. The first-order valence-corrected chi connectivity index (χ1v) is 5.18. The molecule has 0 atom stereocenters. The number of nitrogens with zero attached hydrogens (tertiary/aromatic N) is 2. The molecule has 0 amide bonds. The van der Waals surface area contributed by atoms with Gasteiger partial charge in [-0.2, -0.15) is 0 Å². The molecule has 1 heterocycles. The smallest absolute Gasteiger partial charge is 0.457 e. The maximum atomic E-state index is 5.44. The molecule has 0 radical (unpaired) electrons. The molecule has 0 saturated carbocycles. The summed E-state index contributed by atoms with van der Waals surface area (Å²) in [7, 11) is 3.92. The molecule has 0 spiro atoms. The van der Waals surface area contributed by atoms with E-state index in [1.807, 2.05) is 0 Å². The van der Waals surface area contributed by atoms with Crippen LogP contribution in [-0.4, -0.2) is 55.7 Å². The van der Waals surface area contributed by atoms with Crippen molar-refractivity contribution in [1.29, 1.82) is 0 Å². The Morgan fingerprint density at radius 3 is 2.36 bits per heavy atom. The van der Waals surface area contributed by atoms with Gasteiger partial charge in [0.1, 0.15) is 0 Å². The third kappa shape index (κ3) is 6.90. The second-order valence-electron chi connectivity index (χ2n) is 3.57. The van der Waals surface area contributed by atoms with Gasteiger partial charge in [-0.25, -0.2) is 0 Å². The minimum absolute atomic E-state index is 0. The Morgan fingerprint density at radius 1 is 1.14 bits per heavy atom. The Hall–Kier alpha value is 1.52. The third-order valence-corrected chi connectivity index (χ3v) is 2.37. The van der Waals surface area contributed by atoms with Gasteiger partial charge in [0.25, 0.3) is 0 Å². The van der Waals surface area contributed by atoms with Crippen LogP contribution in [-0.2, 0) is 4.74 Å². The van der Waals surface area contributed by atoms with E-state index in [0.717, 1.165) is 52.4 Å². The monoisotopic (exact) mass is 224 g/mol. The quantitative estimate of drug-likeness (QED) is 0.300. The molecule has 1 saturated heterocycles. The van der Waals surface area contributed by atoms with Crippen LogP contribution in [0.15, 0.2) is 0 Å². The van der Waals surface area contributed by atoms with Crippen LogP contribution in [0, 0.1) is 7.05 Å². The molecular weight excluding hydrogens is 203 g/mol. The molecule has 1 rings (SSSR count). The molecule has 3 nitrogen and oxygen atoms in total. The normalized spacial score (nSPS) is 19.3. The number of hydrogen-bond acceptors (Lipinski definition) is 3. The third-order valence-electron chi connectivity index (χ3n) is 2.37. The van der Waals surface area contributed by atoms with Gasteiger partial charge in [-0.05, 0) is 19.5 Å². The maximum absolute atomic E-state index is 5.44. The molecule has 0 bridgehead atoms. The van der Waals surface area contributed by atoms with Crippen LogP contribution < -0.4 is 51.4 Å². The van der Waals surface area contributed by atoms with Gasteiger partial charge in [-0.3, -0.25) is 11.9 Å². The first-order valence-electron chi connectivity index (χ1n) is 5.18. The van der Waals surface area contributed by atoms with Gasteiger partial charge in [0.15, 0.2) is 0 Å². The van der Waals surface area contributed by atoms with Gasteiger partial charge < -0.3 is 9.64 Å². The van der Waals surface area contributed by atoms with Gasteiger partial charge in [0.05, 0.1) is 6.61 Å². The Labute approximate surface area is 131 Å². The van der Waals surface area contributed by atoms with Crippen molar-refractivity contribution < 1.29 is 56.1 Å². The molecule has 0 unspecified atom stereocenters. The Bertz CT molecular complexity index is 127. The van der Waals surface area contributed by atoms with E-state index in [9.17, 15) is 0 Å². The van der Waals surface area contributed by atoms with Crippen molar-refractivity contribution in [2.45, 2.75) is 13.3 Å². The Morgan fingerprint density at radius 2 is 1.79 bits per heavy atom. The fraction of sp³-hybridized carbons (Fsp3) is 0.900. The van der Waals surface area contributed by atoms with Crippen molar-refractivity contribution in [2.75, 3.05) is 45.9 Å².